The highest BCUT2D eigenvalue weighted by Gasteiger charge is 2.42. The van der Waals surface area contributed by atoms with Gasteiger partial charge in [0, 0.05) is 84.2 Å². The number of nitrogens with one attached hydrogen (secondary N) is 6. The highest BCUT2D eigenvalue weighted by molar-refractivity contribution is 8.00. The van der Waals surface area contributed by atoms with E-state index in [9.17, 15) is 33.9 Å². The monoisotopic (exact) mass is 1030 g/mol. The van der Waals surface area contributed by atoms with E-state index in [1.54, 1.807) is 36.0 Å². The minimum absolute atomic E-state index is 0.0500. The Morgan fingerprint density at radius 3 is 2.11 bits per heavy atom. The number of phenols is 1. The Bertz CT molecular complexity index is 2660. The zero-order chi connectivity index (χ0) is 51.4. The Balaban J connectivity index is 0.697. The van der Waals surface area contributed by atoms with Gasteiger partial charge in [-0.2, -0.15) is 11.8 Å². The summed E-state index contributed by atoms with van der Waals surface area (Å²) in [6.45, 7) is 3.81. The van der Waals surface area contributed by atoms with Crippen molar-refractivity contribution in [2.24, 2.45) is 0 Å². The van der Waals surface area contributed by atoms with Gasteiger partial charge in [-0.05, 0) is 111 Å². The molecule has 0 saturated carbocycles. The minimum atomic E-state index is -0.356. The van der Waals surface area contributed by atoms with Gasteiger partial charge in [-0.15, -0.1) is 11.8 Å². The van der Waals surface area contributed by atoms with E-state index in [0.717, 1.165) is 135 Å². The van der Waals surface area contributed by atoms with Crippen LogP contribution in [-0.4, -0.2) is 89.8 Å². The molecule has 14 nitrogen and oxygen atoms in total. The van der Waals surface area contributed by atoms with Crippen LogP contribution in [0.15, 0.2) is 94.1 Å². The smallest absolute Gasteiger partial charge is 0.315 e. The third-order valence-corrected chi connectivity index (χ3v) is 16.5. The number of hydrogen-bond donors (Lipinski definition) is 7. The number of aryl methyl sites for hydroxylation is 1. The molecule has 390 valence electrons. The Morgan fingerprint density at radius 1 is 0.699 bits per heavy atom. The predicted molar refractivity (Wildman–Crippen MR) is 293 cm³/mol. The summed E-state index contributed by atoms with van der Waals surface area (Å²) < 4.78 is 6.00. The quantitative estimate of drug-likeness (QED) is 0.0132. The summed E-state index contributed by atoms with van der Waals surface area (Å²) in [5, 5.41) is 29.0. The van der Waals surface area contributed by atoms with Crippen molar-refractivity contribution in [3.05, 3.63) is 112 Å². The van der Waals surface area contributed by atoms with Gasteiger partial charge < -0.3 is 41.4 Å². The van der Waals surface area contributed by atoms with Crippen molar-refractivity contribution in [1.29, 1.82) is 0 Å². The van der Waals surface area contributed by atoms with Crippen molar-refractivity contribution in [1.82, 2.24) is 31.9 Å². The number of carbonyl (C=O) groups is 5. The number of hydrogen-bond acceptors (Lipinski definition) is 10. The van der Waals surface area contributed by atoms with Crippen LogP contribution in [-0.2, 0) is 14.4 Å². The van der Waals surface area contributed by atoms with Crippen LogP contribution >= 0.6 is 23.5 Å². The molecule has 2 unspecified atom stereocenters. The maximum Gasteiger partial charge on any atom is 0.315 e. The maximum absolute atomic E-state index is 13.5. The maximum atomic E-state index is 13.5. The van der Waals surface area contributed by atoms with Crippen LogP contribution < -0.4 is 37.3 Å². The van der Waals surface area contributed by atoms with Gasteiger partial charge in [0.1, 0.15) is 22.3 Å². The molecule has 0 bridgehead atoms. The van der Waals surface area contributed by atoms with Crippen molar-refractivity contribution in [2.75, 3.05) is 37.7 Å². The molecule has 7 rings (SSSR count). The van der Waals surface area contributed by atoms with Gasteiger partial charge >= 0.3 is 6.03 Å². The SMILES string of the molecule is Cc1cc(C(=O)NCCNC(=O)C(SCCCCCCCCCCC(=O)NCCCCCNC(=O)CCCCC2SC[C@@H]3NC(=O)N[C@H]23)c2ccccc2)ccc1-c1c2ccc(=O)cc-2oc2cc(O)ccc12. The molecule has 16 heteroatoms. The van der Waals surface area contributed by atoms with Crippen LogP contribution in [0.1, 0.15) is 129 Å². The average molecular weight is 1030 g/mol. The molecule has 7 N–H and O–H groups in total. The summed E-state index contributed by atoms with van der Waals surface area (Å²) in [6.07, 6.45) is 15.3. The van der Waals surface area contributed by atoms with Gasteiger partial charge in [-0.1, -0.05) is 81.3 Å². The topological polar surface area (TPSA) is 208 Å². The van der Waals surface area contributed by atoms with Gasteiger partial charge in [-0.25, -0.2) is 4.79 Å². The summed E-state index contributed by atoms with van der Waals surface area (Å²) in [5.74, 6) is 2.15. The fraction of sp³-hybridized carbons (Fsp3) is 0.474. The lowest BCUT2D eigenvalue weighted by Crippen LogP contribution is -2.36. The number of rotatable bonds is 30. The number of unbranched alkanes of at least 4 members (excludes halogenated alkanes) is 10. The molecule has 0 aromatic heterocycles. The van der Waals surface area contributed by atoms with Crippen molar-refractivity contribution in [3.8, 4) is 28.2 Å². The highest BCUT2D eigenvalue weighted by atomic mass is 32.2. The summed E-state index contributed by atoms with van der Waals surface area (Å²) in [7, 11) is 0. The molecule has 0 spiro atoms. The molecule has 2 saturated heterocycles. The lowest BCUT2D eigenvalue weighted by Gasteiger charge is -2.18. The number of aromatic hydroxyl groups is 1. The van der Waals surface area contributed by atoms with E-state index in [0.29, 0.717) is 48.1 Å². The summed E-state index contributed by atoms with van der Waals surface area (Å²) in [5.41, 5.74) is 4.99. The van der Waals surface area contributed by atoms with Gasteiger partial charge in [0.2, 0.25) is 17.7 Å². The number of carbonyl (C=O) groups excluding carboxylic acids is 5. The van der Waals surface area contributed by atoms with Crippen molar-refractivity contribution >= 4 is 64.2 Å². The summed E-state index contributed by atoms with van der Waals surface area (Å²) >= 11 is 3.56. The first kappa shape index (κ1) is 54.8. The number of benzene rings is 4. The van der Waals surface area contributed by atoms with Crippen LogP contribution in [0.5, 0.6) is 5.75 Å². The number of amides is 6. The molecule has 4 aliphatic rings. The third kappa shape index (κ3) is 16.5. The van der Waals surface area contributed by atoms with Gasteiger partial charge in [0.15, 0.2) is 5.43 Å². The Morgan fingerprint density at radius 2 is 1.37 bits per heavy atom. The summed E-state index contributed by atoms with van der Waals surface area (Å²) in [4.78, 5) is 75.1. The first-order valence-corrected chi connectivity index (χ1v) is 28.4. The molecular formula is C57H72N6O8S2. The van der Waals surface area contributed by atoms with E-state index in [2.05, 4.69) is 31.9 Å². The lowest BCUT2D eigenvalue weighted by molar-refractivity contribution is -0.121. The molecule has 6 amide bonds. The van der Waals surface area contributed by atoms with Crippen molar-refractivity contribution in [2.45, 2.75) is 132 Å². The van der Waals surface area contributed by atoms with E-state index < -0.39 is 0 Å². The van der Waals surface area contributed by atoms with Crippen molar-refractivity contribution < 1.29 is 33.5 Å². The summed E-state index contributed by atoms with van der Waals surface area (Å²) in [6, 6.07) is 25.2. The Labute approximate surface area is 437 Å². The van der Waals surface area contributed by atoms with Gasteiger partial charge in [0.25, 0.3) is 5.91 Å². The van der Waals surface area contributed by atoms with E-state index in [4.69, 9.17) is 4.42 Å². The molecule has 2 fully saturated rings. The van der Waals surface area contributed by atoms with E-state index in [1.165, 1.54) is 18.2 Å². The van der Waals surface area contributed by atoms with Gasteiger partial charge in [0.05, 0.1) is 12.1 Å². The third-order valence-electron chi connectivity index (χ3n) is 13.6. The molecule has 3 heterocycles. The second-order valence-electron chi connectivity index (χ2n) is 19.3. The van der Waals surface area contributed by atoms with Crippen LogP contribution in [0, 0.1) is 6.92 Å². The van der Waals surface area contributed by atoms with Crippen LogP contribution in [0.2, 0.25) is 0 Å². The molecular weight excluding hydrogens is 961 g/mol. The molecule has 3 aromatic rings. The minimum Gasteiger partial charge on any atom is -0.508 e. The second-order valence-corrected chi connectivity index (χ2v) is 21.7. The predicted octanol–water partition coefficient (Wildman–Crippen LogP) is 9.54. The second kappa shape index (κ2) is 28.5. The molecule has 1 aliphatic carbocycles. The van der Waals surface area contributed by atoms with E-state index >= 15 is 0 Å². The highest BCUT2D eigenvalue weighted by Crippen LogP contribution is 2.42. The fourth-order valence-electron chi connectivity index (χ4n) is 9.73. The standard InChI is InChI=1S/C57H72N6O8S2/c1-38-34-40(23-26-43(38)52-44-27-24-41(64)35-47(44)71-48-36-42(65)25-28-45(48)52)55(68)60-31-32-61-56(69)54(39-18-10-8-11-19-39)72-33-17-7-5-3-2-4-6-12-21-50(66)58-29-15-9-16-30-59-51(67)22-14-13-20-49-53-46(37-73-49)62-57(70)63-53/h8,10-11,18-19,23-28,34-36,46,49,53-54,64H,2-7,9,12-17,20-22,29-33,37H2,1H3,(H,58,66)(H,59,67)(H,60,68)(H,61,69)(H2,62,63,70)/t46-,49?,53-,54?/m0/s1. The number of fused-ring (bicyclic) bond motifs is 3. The molecule has 4 atom stereocenters. The molecule has 3 aliphatic heterocycles. The van der Waals surface area contributed by atoms with Crippen LogP contribution in [0.3, 0.4) is 0 Å². The van der Waals surface area contributed by atoms with Crippen molar-refractivity contribution in [3.63, 3.8) is 0 Å². The van der Waals surface area contributed by atoms with E-state index in [-0.39, 0.29) is 71.3 Å². The van der Waals surface area contributed by atoms with Crippen LogP contribution in [0.25, 0.3) is 33.4 Å². The fourth-order valence-corrected chi connectivity index (χ4v) is 12.5. The van der Waals surface area contributed by atoms with Crippen LogP contribution in [0.4, 0.5) is 4.79 Å². The zero-order valence-electron chi connectivity index (χ0n) is 42.1. The molecule has 73 heavy (non-hydrogen) atoms. The largest absolute Gasteiger partial charge is 0.508 e. The lowest BCUT2D eigenvalue weighted by atomic mass is 9.90. The first-order chi connectivity index (χ1) is 35.5. The number of thioether (sulfide) groups is 2. The molecule has 3 aromatic carbocycles. The first-order valence-electron chi connectivity index (χ1n) is 26.3. The number of phenolic OH excluding ortho intramolecular Hbond substituents is 1. The Hall–Kier alpha value is -6.00. The molecule has 0 radical (unpaired) electrons. The Kier molecular flexibility index (Phi) is 21.3. The normalized spacial score (nSPS) is 16.4. The average Bonchev–Trinajstić information content (AvgIpc) is 3.94. The zero-order valence-corrected chi connectivity index (χ0v) is 43.7. The number of urea groups is 1. The van der Waals surface area contributed by atoms with Gasteiger partial charge in [-0.3, -0.25) is 24.0 Å². The van der Waals surface area contributed by atoms with E-state index in [1.807, 2.05) is 61.2 Å².